The first kappa shape index (κ1) is 17.3. The number of carboxylic acid groups (broad SMARTS) is 1. The zero-order chi connectivity index (χ0) is 16.4. The lowest BCUT2D eigenvalue weighted by Crippen LogP contribution is -2.32. The number of hydrogen-bond donors (Lipinski definition) is 3. The fraction of sp³-hybridized carbons (Fsp3) is 0.385. The molecular formula is C13H17N5O4. The average Bonchev–Trinajstić information content (AvgIpc) is 2.50. The van der Waals surface area contributed by atoms with E-state index in [1.165, 1.54) is 0 Å². The van der Waals surface area contributed by atoms with Gasteiger partial charge in [0.15, 0.2) is 0 Å². The Kier molecular flexibility index (Phi) is 7.24. The minimum Gasteiger partial charge on any atom is -0.480 e. The summed E-state index contributed by atoms with van der Waals surface area (Å²) < 4.78 is 4.99. The lowest BCUT2D eigenvalue weighted by Gasteiger charge is -2.09. The van der Waals surface area contributed by atoms with E-state index in [0.29, 0.717) is 17.7 Å². The summed E-state index contributed by atoms with van der Waals surface area (Å²) in [6, 6.07) is 5.81. The molecule has 0 spiro atoms. The average molecular weight is 307 g/mol. The Hall–Kier alpha value is -2.77. The van der Waals surface area contributed by atoms with Gasteiger partial charge in [-0.25, -0.2) is 4.79 Å². The highest BCUT2D eigenvalue weighted by Gasteiger charge is 2.11. The molecule has 9 nitrogen and oxygen atoms in total. The van der Waals surface area contributed by atoms with Gasteiger partial charge in [0.25, 0.3) is 0 Å². The van der Waals surface area contributed by atoms with Crippen molar-refractivity contribution in [3.63, 3.8) is 0 Å². The van der Waals surface area contributed by atoms with Crippen LogP contribution in [-0.4, -0.2) is 29.8 Å². The highest BCUT2D eigenvalue weighted by Crippen LogP contribution is 2.19. The predicted octanol–water partition coefficient (Wildman–Crippen LogP) is 2.05. The number of aliphatic carboxylic acids is 1. The lowest BCUT2D eigenvalue weighted by molar-refractivity contribution is -0.138. The van der Waals surface area contributed by atoms with Crippen molar-refractivity contribution in [1.82, 2.24) is 5.32 Å². The lowest BCUT2D eigenvalue weighted by atomic mass is 10.2. The summed E-state index contributed by atoms with van der Waals surface area (Å²) in [4.78, 5) is 24.7. The molecule has 0 heterocycles. The van der Waals surface area contributed by atoms with Crippen LogP contribution in [-0.2, 0) is 16.1 Å². The van der Waals surface area contributed by atoms with Crippen LogP contribution >= 0.6 is 0 Å². The molecule has 22 heavy (non-hydrogen) atoms. The number of nitrogens with two attached hydrogens (primary N) is 1. The number of amides is 1. The minimum atomic E-state index is -1.07. The Labute approximate surface area is 126 Å². The number of alkyl carbamates (subject to hydrolysis) is 1. The molecule has 1 aromatic carbocycles. The van der Waals surface area contributed by atoms with Gasteiger partial charge in [-0.15, -0.1) is 0 Å². The van der Waals surface area contributed by atoms with Crippen LogP contribution in [0.1, 0.15) is 18.4 Å². The maximum Gasteiger partial charge on any atom is 0.407 e. The number of carbonyl (C=O) groups excluding carboxylic acids is 1. The predicted molar refractivity (Wildman–Crippen MR) is 78.3 cm³/mol. The van der Waals surface area contributed by atoms with Crippen molar-refractivity contribution in [2.24, 2.45) is 10.8 Å². The molecule has 0 saturated carbocycles. The molecule has 0 aliphatic heterocycles. The summed E-state index contributed by atoms with van der Waals surface area (Å²) in [7, 11) is 0. The summed E-state index contributed by atoms with van der Waals surface area (Å²) in [5.41, 5.74) is 14.7. The Morgan fingerprint density at radius 2 is 2.18 bits per heavy atom. The van der Waals surface area contributed by atoms with Crippen LogP contribution in [0.4, 0.5) is 10.5 Å². The van der Waals surface area contributed by atoms with E-state index in [1.54, 1.807) is 24.3 Å². The topological polar surface area (TPSA) is 150 Å². The number of carboxylic acids is 1. The van der Waals surface area contributed by atoms with E-state index in [0.717, 1.165) is 0 Å². The monoisotopic (exact) mass is 307 g/mol. The molecule has 1 rings (SSSR count). The van der Waals surface area contributed by atoms with Crippen LogP contribution < -0.4 is 11.1 Å². The van der Waals surface area contributed by atoms with Gasteiger partial charge >= 0.3 is 12.1 Å². The van der Waals surface area contributed by atoms with Gasteiger partial charge in [0.1, 0.15) is 12.6 Å². The number of hydrogen-bond acceptors (Lipinski definition) is 5. The van der Waals surface area contributed by atoms with Crippen LogP contribution in [0.2, 0.25) is 0 Å². The first-order valence-electron chi connectivity index (χ1n) is 6.56. The molecule has 0 aromatic heterocycles. The maximum absolute atomic E-state index is 11.5. The molecule has 0 radical (unpaired) electrons. The molecular weight excluding hydrogens is 290 g/mol. The van der Waals surface area contributed by atoms with Gasteiger partial charge in [-0.1, -0.05) is 29.4 Å². The Morgan fingerprint density at radius 1 is 1.45 bits per heavy atom. The number of rotatable bonds is 8. The second kappa shape index (κ2) is 9.22. The molecule has 0 saturated heterocycles. The van der Waals surface area contributed by atoms with Crippen molar-refractivity contribution in [3.05, 3.63) is 40.3 Å². The van der Waals surface area contributed by atoms with E-state index in [-0.39, 0.29) is 19.6 Å². The second-order valence-electron chi connectivity index (χ2n) is 4.41. The SMILES string of the molecule is [N-]=[N+]=Nc1ccccc1COC(=O)NCCCC(N)C(=O)O. The Morgan fingerprint density at radius 3 is 2.86 bits per heavy atom. The fourth-order valence-corrected chi connectivity index (χ4v) is 1.61. The largest absolute Gasteiger partial charge is 0.480 e. The maximum atomic E-state index is 11.5. The van der Waals surface area contributed by atoms with Crippen molar-refractivity contribution in [3.8, 4) is 0 Å². The van der Waals surface area contributed by atoms with Gasteiger partial charge in [-0.2, -0.15) is 0 Å². The van der Waals surface area contributed by atoms with Crippen LogP contribution in [0, 0.1) is 0 Å². The highest BCUT2D eigenvalue weighted by atomic mass is 16.5. The van der Waals surface area contributed by atoms with Gasteiger partial charge in [-0.05, 0) is 23.9 Å². The van der Waals surface area contributed by atoms with Crippen LogP contribution in [0.25, 0.3) is 10.4 Å². The molecule has 9 heteroatoms. The first-order valence-corrected chi connectivity index (χ1v) is 6.56. The van der Waals surface area contributed by atoms with E-state index in [9.17, 15) is 9.59 Å². The molecule has 118 valence electrons. The molecule has 0 aliphatic carbocycles. The minimum absolute atomic E-state index is 0.0321. The van der Waals surface area contributed by atoms with E-state index >= 15 is 0 Å². The van der Waals surface area contributed by atoms with E-state index in [1.807, 2.05) is 0 Å². The van der Waals surface area contributed by atoms with E-state index in [4.69, 9.17) is 21.1 Å². The smallest absolute Gasteiger partial charge is 0.407 e. The second-order valence-corrected chi connectivity index (χ2v) is 4.41. The number of ether oxygens (including phenoxy) is 1. The van der Waals surface area contributed by atoms with Gasteiger partial charge in [-0.3, -0.25) is 4.79 Å². The molecule has 1 aromatic rings. The normalized spacial score (nSPS) is 11.1. The Bertz CT molecular complexity index is 571. The van der Waals surface area contributed by atoms with Crippen molar-refractivity contribution >= 4 is 17.7 Å². The third-order valence-electron chi connectivity index (χ3n) is 2.78. The molecule has 1 unspecified atom stereocenters. The van der Waals surface area contributed by atoms with Crippen LogP contribution in [0.5, 0.6) is 0 Å². The molecule has 1 atom stereocenters. The van der Waals surface area contributed by atoms with Crippen LogP contribution in [0.3, 0.4) is 0 Å². The summed E-state index contributed by atoms with van der Waals surface area (Å²) in [6.45, 7) is 0.230. The van der Waals surface area contributed by atoms with Crippen molar-refractivity contribution in [1.29, 1.82) is 0 Å². The zero-order valence-electron chi connectivity index (χ0n) is 11.8. The number of azide groups is 1. The summed E-state index contributed by atoms with van der Waals surface area (Å²) in [5.74, 6) is -1.07. The quantitative estimate of drug-likeness (QED) is 0.290. The van der Waals surface area contributed by atoms with Gasteiger partial charge in [0.05, 0.1) is 0 Å². The summed E-state index contributed by atoms with van der Waals surface area (Å²) >= 11 is 0. The van der Waals surface area contributed by atoms with Crippen LogP contribution in [0.15, 0.2) is 29.4 Å². The molecule has 4 N–H and O–H groups in total. The fourth-order valence-electron chi connectivity index (χ4n) is 1.61. The standard InChI is InChI=1S/C13H17N5O4/c14-10(12(19)20)5-3-7-16-13(21)22-8-9-4-1-2-6-11(9)17-18-15/h1-2,4,6,10H,3,5,7-8,14H2,(H,16,21)(H,19,20). The number of nitrogens with one attached hydrogen (secondary N) is 1. The summed E-state index contributed by atoms with van der Waals surface area (Å²) in [5, 5.41) is 14.6. The van der Waals surface area contributed by atoms with Crippen molar-refractivity contribution in [2.75, 3.05) is 6.54 Å². The molecule has 0 bridgehead atoms. The van der Waals surface area contributed by atoms with Gasteiger partial charge in [0, 0.05) is 17.1 Å². The van der Waals surface area contributed by atoms with E-state index < -0.39 is 18.1 Å². The zero-order valence-corrected chi connectivity index (χ0v) is 11.8. The number of nitrogens with zero attached hydrogens (tertiary/aromatic N) is 3. The van der Waals surface area contributed by atoms with Gasteiger partial charge < -0.3 is 20.9 Å². The third-order valence-corrected chi connectivity index (χ3v) is 2.78. The van der Waals surface area contributed by atoms with Crippen molar-refractivity contribution < 1.29 is 19.4 Å². The third kappa shape index (κ3) is 6.12. The first-order chi connectivity index (χ1) is 10.5. The van der Waals surface area contributed by atoms with Gasteiger partial charge in [0.2, 0.25) is 0 Å². The highest BCUT2D eigenvalue weighted by molar-refractivity contribution is 5.73. The summed E-state index contributed by atoms with van der Waals surface area (Å²) in [6.07, 6.45) is 0.0485. The molecule has 0 fully saturated rings. The molecule has 0 aliphatic rings. The number of benzene rings is 1. The molecule has 1 amide bonds. The Balaban J connectivity index is 2.32. The number of carbonyl (C=O) groups is 2. The van der Waals surface area contributed by atoms with Crippen molar-refractivity contribution in [2.45, 2.75) is 25.5 Å². The van der Waals surface area contributed by atoms with E-state index in [2.05, 4.69) is 15.3 Å².